The molecule has 1 aliphatic rings. The monoisotopic (exact) mass is 262 g/mol. The van der Waals surface area contributed by atoms with E-state index in [9.17, 15) is 14.4 Å². The molecule has 1 aromatic carbocycles. The summed E-state index contributed by atoms with van der Waals surface area (Å²) in [4.78, 5) is 35.7. The van der Waals surface area contributed by atoms with Crippen LogP contribution in [0.4, 0.5) is 5.69 Å². The highest BCUT2D eigenvalue weighted by molar-refractivity contribution is 6.01. The Bertz CT molecular complexity index is 554. The second-order valence-electron chi connectivity index (χ2n) is 4.29. The molecular formula is C13H14N2O4. The number of hydrogen-bond donors (Lipinski definition) is 1. The number of esters is 1. The Kier molecular flexibility index (Phi) is 3.50. The van der Waals surface area contributed by atoms with Crippen LogP contribution < -0.4 is 5.32 Å². The van der Waals surface area contributed by atoms with Gasteiger partial charge in [-0.25, -0.2) is 0 Å². The molecule has 0 atom stereocenters. The summed E-state index contributed by atoms with van der Waals surface area (Å²) in [5, 5.41) is 2.62. The summed E-state index contributed by atoms with van der Waals surface area (Å²) in [5.41, 5.74) is 1.91. The van der Waals surface area contributed by atoms with Gasteiger partial charge in [-0.2, -0.15) is 0 Å². The number of fused-ring (bicyclic) bond motifs is 1. The van der Waals surface area contributed by atoms with Gasteiger partial charge in [-0.05, 0) is 17.7 Å². The zero-order chi connectivity index (χ0) is 14.0. The van der Waals surface area contributed by atoms with Crippen molar-refractivity contribution in [3.63, 3.8) is 0 Å². The van der Waals surface area contributed by atoms with E-state index in [0.717, 1.165) is 5.56 Å². The Morgan fingerprint density at radius 3 is 2.79 bits per heavy atom. The van der Waals surface area contributed by atoms with Crippen LogP contribution in [0.25, 0.3) is 0 Å². The SMILES string of the molecule is COC(=O)CN1Cc2ccc(NC(C)=O)cc2C1=O. The molecule has 19 heavy (non-hydrogen) atoms. The second kappa shape index (κ2) is 5.09. The number of anilines is 1. The van der Waals surface area contributed by atoms with Crippen LogP contribution in [0.5, 0.6) is 0 Å². The van der Waals surface area contributed by atoms with E-state index in [4.69, 9.17) is 0 Å². The Balaban J connectivity index is 2.19. The minimum atomic E-state index is -0.455. The first-order chi connectivity index (χ1) is 9.01. The highest BCUT2D eigenvalue weighted by atomic mass is 16.5. The van der Waals surface area contributed by atoms with Gasteiger partial charge in [0.25, 0.3) is 5.91 Å². The quantitative estimate of drug-likeness (QED) is 0.816. The summed E-state index contributed by atoms with van der Waals surface area (Å²) in [6.07, 6.45) is 0. The average Bonchev–Trinajstić information content (AvgIpc) is 2.66. The van der Waals surface area contributed by atoms with Crippen LogP contribution >= 0.6 is 0 Å². The van der Waals surface area contributed by atoms with Crippen molar-refractivity contribution in [1.82, 2.24) is 4.90 Å². The molecule has 0 spiro atoms. The number of carbonyl (C=O) groups excluding carboxylic acids is 3. The Labute approximate surface area is 110 Å². The first kappa shape index (κ1) is 13.1. The minimum Gasteiger partial charge on any atom is -0.468 e. The van der Waals surface area contributed by atoms with Gasteiger partial charge < -0.3 is 15.0 Å². The van der Waals surface area contributed by atoms with Crippen LogP contribution in [0.2, 0.25) is 0 Å². The van der Waals surface area contributed by atoms with Gasteiger partial charge in [-0.1, -0.05) is 6.07 Å². The van der Waals surface area contributed by atoms with Crippen molar-refractivity contribution in [2.24, 2.45) is 0 Å². The Hall–Kier alpha value is -2.37. The number of methoxy groups -OCH3 is 1. The maximum Gasteiger partial charge on any atom is 0.325 e. The van der Waals surface area contributed by atoms with E-state index < -0.39 is 5.97 Å². The molecule has 1 aromatic rings. The molecule has 0 fully saturated rings. The predicted octanol–water partition coefficient (Wildman–Crippen LogP) is 0.774. The van der Waals surface area contributed by atoms with Crippen molar-refractivity contribution in [3.8, 4) is 0 Å². The summed E-state index contributed by atoms with van der Waals surface area (Å²) in [5.74, 6) is -0.882. The fourth-order valence-electron chi connectivity index (χ4n) is 1.99. The minimum absolute atomic E-state index is 0.0700. The summed E-state index contributed by atoms with van der Waals surface area (Å²) in [6, 6.07) is 5.13. The van der Waals surface area contributed by atoms with Gasteiger partial charge in [0.05, 0.1) is 7.11 Å². The fraction of sp³-hybridized carbons (Fsp3) is 0.308. The molecule has 2 amide bonds. The lowest BCUT2D eigenvalue weighted by Gasteiger charge is -2.13. The standard InChI is InChI=1S/C13H14N2O4/c1-8(16)14-10-4-3-9-6-15(7-12(17)19-2)13(18)11(9)5-10/h3-5H,6-7H2,1-2H3,(H,14,16). The van der Waals surface area contributed by atoms with Crippen molar-refractivity contribution in [1.29, 1.82) is 0 Å². The molecule has 0 aromatic heterocycles. The van der Waals surface area contributed by atoms with Crippen LogP contribution in [-0.4, -0.2) is 36.3 Å². The van der Waals surface area contributed by atoms with Crippen molar-refractivity contribution < 1.29 is 19.1 Å². The molecule has 1 heterocycles. The third kappa shape index (κ3) is 2.73. The molecule has 100 valence electrons. The molecule has 6 nitrogen and oxygen atoms in total. The third-order valence-electron chi connectivity index (χ3n) is 2.86. The molecular weight excluding hydrogens is 248 g/mol. The molecule has 0 aliphatic carbocycles. The number of benzene rings is 1. The largest absolute Gasteiger partial charge is 0.468 e. The molecule has 0 bridgehead atoms. The van der Waals surface area contributed by atoms with Crippen LogP contribution in [-0.2, 0) is 20.9 Å². The maximum atomic E-state index is 12.1. The predicted molar refractivity (Wildman–Crippen MR) is 67.5 cm³/mol. The molecule has 0 radical (unpaired) electrons. The molecule has 1 N–H and O–H groups in total. The summed E-state index contributed by atoms with van der Waals surface area (Å²) >= 11 is 0. The van der Waals surface area contributed by atoms with E-state index >= 15 is 0 Å². The first-order valence-corrected chi connectivity index (χ1v) is 5.78. The number of carbonyl (C=O) groups is 3. The van der Waals surface area contributed by atoms with E-state index in [1.165, 1.54) is 18.9 Å². The van der Waals surface area contributed by atoms with E-state index in [1.807, 2.05) is 0 Å². The highest BCUT2D eigenvalue weighted by Crippen LogP contribution is 2.25. The van der Waals surface area contributed by atoms with Gasteiger partial charge in [0.15, 0.2) is 0 Å². The van der Waals surface area contributed by atoms with Crippen molar-refractivity contribution in [3.05, 3.63) is 29.3 Å². The molecule has 0 saturated heterocycles. The van der Waals surface area contributed by atoms with Crippen LogP contribution in [0.15, 0.2) is 18.2 Å². The summed E-state index contributed by atoms with van der Waals surface area (Å²) in [7, 11) is 1.28. The number of amides is 2. The maximum absolute atomic E-state index is 12.1. The lowest BCUT2D eigenvalue weighted by atomic mass is 10.1. The molecule has 0 unspecified atom stereocenters. The van der Waals surface area contributed by atoms with Crippen LogP contribution in [0, 0.1) is 0 Å². The molecule has 1 aliphatic heterocycles. The highest BCUT2D eigenvalue weighted by Gasteiger charge is 2.29. The van der Waals surface area contributed by atoms with Gasteiger partial charge >= 0.3 is 5.97 Å². The van der Waals surface area contributed by atoms with Crippen LogP contribution in [0.1, 0.15) is 22.8 Å². The average molecular weight is 262 g/mol. The number of ether oxygens (including phenoxy) is 1. The molecule has 2 rings (SSSR count). The fourth-order valence-corrected chi connectivity index (χ4v) is 1.99. The van der Waals surface area contributed by atoms with Gasteiger partial charge in [-0.15, -0.1) is 0 Å². The number of rotatable bonds is 3. The van der Waals surface area contributed by atoms with Crippen molar-refractivity contribution >= 4 is 23.5 Å². The van der Waals surface area contributed by atoms with E-state index in [-0.39, 0.29) is 18.4 Å². The third-order valence-corrected chi connectivity index (χ3v) is 2.86. The normalized spacial score (nSPS) is 13.2. The second-order valence-corrected chi connectivity index (χ2v) is 4.29. The van der Waals surface area contributed by atoms with Gasteiger partial charge in [0, 0.05) is 24.7 Å². The number of hydrogen-bond acceptors (Lipinski definition) is 4. The topological polar surface area (TPSA) is 75.7 Å². The van der Waals surface area contributed by atoms with E-state index in [1.54, 1.807) is 18.2 Å². The zero-order valence-corrected chi connectivity index (χ0v) is 10.7. The Morgan fingerprint density at radius 1 is 1.42 bits per heavy atom. The smallest absolute Gasteiger partial charge is 0.325 e. The van der Waals surface area contributed by atoms with Crippen LogP contribution in [0.3, 0.4) is 0 Å². The van der Waals surface area contributed by atoms with Gasteiger partial charge in [0.2, 0.25) is 5.91 Å². The Morgan fingerprint density at radius 2 is 2.16 bits per heavy atom. The molecule has 6 heteroatoms. The lowest BCUT2D eigenvalue weighted by Crippen LogP contribution is -2.30. The van der Waals surface area contributed by atoms with Gasteiger partial charge in [0.1, 0.15) is 6.54 Å². The molecule has 0 saturated carbocycles. The first-order valence-electron chi connectivity index (χ1n) is 5.78. The lowest BCUT2D eigenvalue weighted by molar-refractivity contribution is -0.141. The van der Waals surface area contributed by atoms with Crippen molar-refractivity contribution in [2.75, 3.05) is 19.0 Å². The van der Waals surface area contributed by atoms with Gasteiger partial charge in [-0.3, -0.25) is 14.4 Å². The summed E-state index contributed by atoms with van der Waals surface area (Å²) < 4.78 is 4.55. The van der Waals surface area contributed by atoms with E-state index in [0.29, 0.717) is 17.8 Å². The summed E-state index contributed by atoms with van der Waals surface area (Å²) in [6.45, 7) is 1.71. The number of nitrogens with zero attached hydrogens (tertiary/aromatic N) is 1. The number of nitrogens with one attached hydrogen (secondary N) is 1. The zero-order valence-electron chi connectivity index (χ0n) is 10.7. The van der Waals surface area contributed by atoms with E-state index in [2.05, 4.69) is 10.1 Å². The van der Waals surface area contributed by atoms with Crippen molar-refractivity contribution in [2.45, 2.75) is 13.5 Å².